The molecule has 0 unspecified atom stereocenters. The number of rotatable bonds is 7. The number of aromatic hydroxyl groups is 1. The average Bonchev–Trinajstić information content (AvgIpc) is 2.44. The number of hydrogen-bond acceptors (Lipinski definition) is 4. The number of alkyl halides is 1. The third-order valence-corrected chi connectivity index (χ3v) is 5.29. The second kappa shape index (κ2) is 6.99. The van der Waals surface area contributed by atoms with E-state index in [1.807, 2.05) is 0 Å². The molecule has 0 atom stereocenters. The van der Waals surface area contributed by atoms with Gasteiger partial charge in [-0.05, 0) is 17.3 Å². The highest BCUT2D eigenvalue weighted by molar-refractivity contribution is 9.09. The highest BCUT2D eigenvalue weighted by atomic mass is 79.9. The van der Waals surface area contributed by atoms with Crippen molar-refractivity contribution < 1.29 is 19.3 Å². The van der Waals surface area contributed by atoms with E-state index in [0.717, 1.165) is 17.3 Å². The third-order valence-electron chi connectivity index (χ3n) is 3.77. The Morgan fingerprint density at radius 2 is 1.55 bits per heavy atom. The van der Waals surface area contributed by atoms with E-state index < -0.39 is 0 Å². The molecule has 1 rings (SSSR count). The first kappa shape index (κ1) is 18.9. The van der Waals surface area contributed by atoms with Gasteiger partial charge >= 0.3 is 0 Å². The first-order chi connectivity index (χ1) is 10.1. The fraction of sp³-hybridized carbons (Fsp3) is 0.647. The molecule has 1 aromatic rings. The quantitative estimate of drug-likeness (QED) is 0.713. The van der Waals surface area contributed by atoms with Crippen LogP contribution in [0.3, 0.4) is 0 Å². The van der Waals surface area contributed by atoms with Crippen molar-refractivity contribution >= 4 is 15.9 Å². The number of benzene rings is 1. The minimum atomic E-state index is -0.299. The van der Waals surface area contributed by atoms with Gasteiger partial charge in [-0.2, -0.15) is 0 Å². The van der Waals surface area contributed by atoms with E-state index in [2.05, 4.69) is 43.6 Å². The molecular formula is C17H27BrO4. The summed E-state index contributed by atoms with van der Waals surface area (Å²) in [6.07, 6.45) is 0.866. The molecule has 5 heteroatoms. The summed E-state index contributed by atoms with van der Waals surface area (Å²) in [7, 11) is 4.68. The van der Waals surface area contributed by atoms with Crippen molar-refractivity contribution in [1.82, 2.24) is 0 Å². The Labute approximate surface area is 141 Å². The number of methoxy groups -OCH3 is 3. The molecule has 0 aromatic heterocycles. The largest absolute Gasteiger partial charge is 0.507 e. The summed E-state index contributed by atoms with van der Waals surface area (Å²) < 4.78 is 16.3. The third kappa shape index (κ3) is 3.80. The predicted molar refractivity (Wildman–Crippen MR) is 93.0 cm³/mol. The van der Waals surface area contributed by atoms with Crippen LogP contribution in [0.1, 0.15) is 39.7 Å². The van der Waals surface area contributed by atoms with E-state index in [4.69, 9.17) is 14.2 Å². The van der Waals surface area contributed by atoms with Gasteiger partial charge in [0.05, 0.1) is 21.3 Å². The van der Waals surface area contributed by atoms with Gasteiger partial charge in [0, 0.05) is 17.0 Å². The molecule has 1 aromatic carbocycles. The molecule has 0 aliphatic carbocycles. The van der Waals surface area contributed by atoms with Gasteiger partial charge in [-0.3, -0.25) is 0 Å². The Kier molecular flexibility index (Phi) is 6.02. The summed E-state index contributed by atoms with van der Waals surface area (Å²) in [6.45, 7) is 8.57. The van der Waals surface area contributed by atoms with E-state index in [1.165, 1.54) is 7.11 Å². The second-order valence-corrected chi connectivity index (χ2v) is 7.46. The number of halogens is 1. The monoisotopic (exact) mass is 374 g/mol. The number of phenols is 1. The van der Waals surface area contributed by atoms with Crippen molar-refractivity contribution in [1.29, 1.82) is 0 Å². The summed E-state index contributed by atoms with van der Waals surface area (Å²) in [5, 5.41) is 11.4. The minimum Gasteiger partial charge on any atom is -0.507 e. The summed E-state index contributed by atoms with van der Waals surface area (Å²) >= 11 is 3.56. The summed E-state index contributed by atoms with van der Waals surface area (Å²) in [4.78, 5) is 0. The van der Waals surface area contributed by atoms with Crippen molar-refractivity contribution in [2.45, 2.75) is 39.5 Å². The van der Waals surface area contributed by atoms with Crippen LogP contribution in [0, 0.1) is 5.41 Å². The predicted octanol–water partition coefficient (Wildman–Crippen LogP) is 4.51. The van der Waals surface area contributed by atoms with Crippen LogP contribution in [0.5, 0.6) is 23.0 Å². The summed E-state index contributed by atoms with van der Waals surface area (Å²) in [5.74, 6) is 1.64. The maximum absolute atomic E-state index is 10.5. The zero-order chi connectivity index (χ0) is 17.1. The van der Waals surface area contributed by atoms with E-state index in [0.29, 0.717) is 17.2 Å². The lowest BCUT2D eigenvalue weighted by Gasteiger charge is -2.36. The molecule has 22 heavy (non-hydrogen) atoms. The average molecular weight is 375 g/mol. The van der Waals surface area contributed by atoms with Crippen molar-refractivity contribution in [3.05, 3.63) is 11.6 Å². The van der Waals surface area contributed by atoms with Gasteiger partial charge in [-0.15, -0.1) is 0 Å². The van der Waals surface area contributed by atoms with E-state index in [1.54, 1.807) is 20.3 Å². The van der Waals surface area contributed by atoms with E-state index in [-0.39, 0.29) is 16.6 Å². The molecule has 0 radical (unpaired) electrons. The van der Waals surface area contributed by atoms with Crippen LogP contribution in [-0.2, 0) is 5.41 Å². The minimum absolute atomic E-state index is 0.0775. The molecule has 0 amide bonds. The Balaban J connectivity index is 3.52. The van der Waals surface area contributed by atoms with Gasteiger partial charge in [0.25, 0.3) is 0 Å². The highest BCUT2D eigenvalue weighted by Crippen LogP contribution is 2.52. The molecule has 1 N–H and O–H groups in total. The molecule has 0 saturated carbocycles. The number of ether oxygens (including phenoxy) is 3. The zero-order valence-corrected chi connectivity index (χ0v) is 16.1. The van der Waals surface area contributed by atoms with Crippen LogP contribution in [0.4, 0.5) is 0 Å². The van der Waals surface area contributed by atoms with E-state index >= 15 is 0 Å². The smallest absolute Gasteiger partial charge is 0.203 e. The van der Waals surface area contributed by atoms with Crippen molar-refractivity contribution in [3.63, 3.8) is 0 Å². The Morgan fingerprint density at radius 1 is 1.00 bits per heavy atom. The lowest BCUT2D eigenvalue weighted by Crippen LogP contribution is -2.28. The summed E-state index contributed by atoms with van der Waals surface area (Å²) in [5.41, 5.74) is 0.516. The molecule has 0 bridgehead atoms. The normalized spacial score (nSPS) is 12.2. The van der Waals surface area contributed by atoms with Crippen LogP contribution in [-0.4, -0.2) is 31.8 Å². The van der Waals surface area contributed by atoms with Crippen molar-refractivity contribution in [2.24, 2.45) is 5.41 Å². The van der Waals surface area contributed by atoms with E-state index in [9.17, 15) is 5.11 Å². The maximum Gasteiger partial charge on any atom is 0.203 e. The molecule has 0 aliphatic heterocycles. The fourth-order valence-corrected chi connectivity index (χ4v) is 3.33. The SMILES string of the molecule is COc1cc(O)c(C(C)(C)CC(C)(C)CBr)c(OC)c1OC. The lowest BCUT2D eigenvalue weighted by atomic mass is 9.71. The van der Waals surface area contributed by atoms with Gasteiger partial charge in [0.2, 0.25) is 5.75 Å². The van der Waals surface area contributed by atoms with Crippen LogP contribution in [0.2, 0.25) is 0 Å². The van der Waals surface area contributed by atoms with Crippen LogP contribution < -0.4 is 14.2 Å². The topological polar surface area (TPSA) is 47.9 Å². The Hall–Kier alpha value is -1.10. The Bertz CT molecular complexity index is 524. The fourth-order valence-electron chi connectivity index (χ4n) is 3.13. The Morgan fingerprint density at radius 3 is 1.95 bits per heavy atom. The first-order valence-electron chi connectivity index (χ1n) is 7.22. The van der Waals surface area contributed by atoms with Crippen molar-refractivity contribution in [2.75, 3.05) is 26.7 Å². The summed E-state index contributed by atoms with van der Waals surface area (Å²) in [6, 6.07) is 1.58. The molecule has 0 saturated heterocycles. The molecular weight excluding hydrogens is 348 g/mol. The molecule has 0 heterocycles. The lowest BCUT2D eigenvalue weighted by molar-refractivity contribution is 0.268. The maximum atomic E-state index is 10.5. The molecule has 0 fully saturated rings. The standard InChI is InChI=1S/C17H27BrO4/c1-16(2,10-18)9-17(3,4)13-11(19)8-12(20-5)14(21-6)15(13)22-7/h8,19H,9-10H2,1-7H3. The first-order valence-corrected chi connectivity index (χ1v) is 8.34. The van der Waals surface area contributed by atoms with Crippen LogP contribution in [0.15, 0.2) is 6.07 Å². The van der Waals surface area contributed by atoms with Gasteiger partial charge in [0.15, 0.2) is 11.5 Å². The van der Waals surface area contributed by atoms with Crippen LogP contribution in [0.25, 0.3) is 0 Å². The molecule has 0 aliphatic rings. The van der Waals surface area contributed by atoms with Crippen molar-refractivity contribution in [3.8, 4) is 23.0 Å². The molecule has 0 spiro atoms. The molecule has 4 nitrogen and oxygen atoms in total. The number of phenolic OH excluding ortho intramolecular Hbond substituents is 1. The zero-order valence-electron chi connectivity index (χ0n) is 14.5. The van der Waals surface area contributed by atoms with Gasteiger partial charge in [0.1, 0.15) is 5.75 Å². The second-order valence-electron chi connectivity index (χ2n) is 6.90. The molecule has 126 valence electrons. The van der Waals surface area contributed by atoms with Gasteiger partial charge < -0.3 is 19.3 Å². The van der Waals surface area contributed by atoms with Crippen LogP contribution >= 0.6 is 15.9 Å². The number of hydrogen-bond donors (Lipinski definition) is 1. The van der Waals surface area contributed by atoms with Gasteiger partial charge in [-0.25, -0.2) is 0 Å². The highest BCUT2D eigenvalue weighted by Gasteiger charge is 2.36. The van der Waals surface area contributed by atoms with Gasteiger partial charge in [-0.1, -0.05) is 43.6 Å².